The van der Waals surface area contributed by atoms with E-state index < -0.39 is 0 Å². The number of rotatable bonds is 8. The molecule has 2 nitrogen and oxygen atoms in total. The topological polar surface area (TPSA) is 15.3 Å². The van der Waals surface area contributed by atoms with Gasteiger partial charge in [0.1, 0.15) is 0 Å². The Bertz CT molecular complexity index is 160. The molecule has 0 spiro atoms. The van der Waals surface area contributed by atoms with Crippen LogP contribution in [0.25, 0.3) is 0 Å². The van der Waals surface area contributed by atoms with Crippen LogP contribution in [-0.4, -0.2) is 37.1 Å². The molecule has 82 valence electrons. The smallest absolute Gasteiger partial charge is 0.0684 e. The van der Waals surface area contributed by atoms with Gasteiger partial charge in [0.05, 0.1) is 6.04 Å². The molecule has 0 amide bonds. The fraction of sp³-hybridized carbons (Fsp3) is 0.833. The number of nitrogens with zero attached hydrogens (tertiary/aromatic N) is 1. The molecule has 0 radical (unpaired) electrons. The quantitative estimate of drug-likeness (QED) is 0.595. The summed E-state index contributed by atoms with van der Waals surface area (Å²) in [5, 5.41) is 3.36. The Morgan fingerprint density at radius 1 is 1.29 bits per heavy atom. The van der Waals surface area contributed by atoms with Crippen molar-refractivity contribution in [2.75, 3.05) is 26.2 Å². The molecule has 0 saturated heterocycles. The van der Waals surface area contributed by atoms with Crippen molar-refractivity contribution in [1.82, 2.24) is 10.2 Å². The van der Waals surface area contributed by atoms with Gasteiger partial charge in [-0.05, 0) is 25.9 Å². The summed E-state index contributed by atoms with van der Waals surface area (Å²) in [5.41, 5.74) is 0. The van der Waals surface area contributed by atoms with E-state index in [9.17, 15) is 0 Å². The molecule has 0 bridgehead atoms. The molecule has 0 aromatic rings. The van der Waals surface area contributed by atoms with E-state index in [2.05, 4.69) is 36.9 Å². The van der Waals surface area contributed by atoms with E-state index in [4.69, 9.17) is 6.42 Å². The third-order valence-corrected chi connectivity index (χ3v) is 2.42. The maximum absolute atomic E-state index is 5.37. The molecule has 1 atom stereocenters. The number of hydrogen-bond acceptors (Lipinski definition) is 2. The average molecular weight is 196 g/mol. The van der Waals surface area contributed by atoms with E-state index in [0.29, 0.717) is 0 Å². The number of nitrogens with one attached hydrogen (secondary N) is 1. The molecule has 1 N–H and O–H groups in total. The lowest BCUT2D eigenvalue weighted by Gasteiger charge is -2.20. The van der Waals surface area contributed by atoms with E-state index in [1.54, 1.807) is 0 Å². The highest BCUT2D eigenvalue weighted by atomic mass is 15.1. The monoisotopic (exact) mass is 196 g/mol. The number of likely N-dealkylation sites (N-methyl/N-ethyl adjacent to an activating group) is 1. The van der Waals surface area contributed by atoms with Crippen LogP contribution in [0.15, 0.2) is 0 Å². The Labute approximate surface area is 89.1 Å². The minimum Gasteiger partial charge on any atom is -0.302 e. The minimum absolute atomic E-state index is 0.246. The molecule has 14 heavy (non-hydrogen) atoms. The van der Waals surface area contributed by atoms with Gasteiger partial charge in [-0.1, -0.05) is 26.7 Å². The first-order chi connectivity index (χ1) is 6.78. The highest BCUT2D eigenvalue weighted by molar-refractivity contribution is 4.97. The molecule has 2 heteroatoms. The molecule has 1 unspecified atom stereocenters. The lowest BCUT2D eigenvalue weighted by molar-refractivity contribution is 0.285. The molecule has 0 aromatic heterocycles. The summed E-state index contributed by atoms with van der Waals surface area (Å²) in [6.45, 7) is 10.9. The van der Waals surface area contributed by atoms with Crippen molar-refractivity contribution in [3.05, 3.63) is 0 Å². The van der Waals surface area contributed by atoms with E-state index >= 15 is 0 Å². The Kier molecular flexibility index (Phi) is 8.72. The average Bonchev–Trinajstić information content (AvgIpc) is 2.23. The van der Waals surface area contributed by atoms with Crippen LogP contribution in [0.5, 0.6) is 0 Å². The van der Waals surface area contributed by atoms with Crippen LogP contribution >= 0.6 is 0 Å². The molecule has 0 fully saturated rings. The Morgan fingerprint density at radius 2 is 2.00 bits per heavy atom. The minimum atomic E-state index is 0.246. The molecule has 0 aliphatic heterocycles. The summed E-state index contributed by atoms with van der Waals surface area (Å²) < 4.78 is 0. The van der Waals surface area contributed by atoms with Crippen molar-refractivity contribution in [3.63, 3.8) is 0 Å². The summed E-state index contributed by atoms with van der Waals surface area (Å²) in [5.74, 6) is 2.75. The molecule has 0 rings (SSSR count). The fourth-order valence-electron chi connectivity index (χ4n) is 1.46. The predicted molar refractivity (Wildman–Crippen MR) is 63.3 cm³/mol. The predicted octanol–water partition coefficient (Wildman–Crippen LogP) is 1.72. The van der Waals surface area contributed by atoms with Gasteiger partial charge in [0, 0.05) is 13.1 Å². The summed E-state index contributed by atoms with van der Waals surface area (Å²) in [6, 6.07) is 0.246. The first kappa shape index (κ1) is 13.5. The van der Waals surface area contributed by atoms with E-state index in [1.165, 1.54) is 13.0 Å². The summed E-state index contributed by atoms with van der Waals surface area (Å²) >= 11 is 0. The third kappa shape index (κ3) is 6.01. The molecule has 0 aliphatic carbocycles. The normalized spacial score (nSPS) is 12.8. The second-order valence-corrected chi connectivity index (χ2v) is 3.52. The summed E-state index contributed by atoms with van der Waals surface area (Å²) in [4.78, 5) is 2.44. The van der Waals surface area contributed by atoms with Crippen LogP contribution in [0.2, 0.25) is 0 Å². The maximum Gasteiger partial charge on any atom is 0.0684 e. The third-order valence-electron chi connectivity index (χ3n) is 2.42. The van der Waals surface area contributed by atoms with Crippen LogP contribution in [0.4, 0.5) is 0 Å². The van der Waals surface area contributed by atoms with Gasteiger partial charge >= 0.3 is 0 Å². The summed E-state index contributed by atoms with van der Waals surface area (Å²) in [7, 11) is 0. The zero-order chi connectivity index (χ0) is 10.8. The van der Waals surface area contributed by atoms with Gasteiger partial charge in [-0.15, -0.1) is 6.42 Å². The second kappa shape index (κ2) is 9.05. The van der Waals surface area contributed by atoms with Gasteiger partial charge in [0.15, 0.2) is 0 Å². The second-order valence-electron chi connectivity index (χ2n) is 3.52. The summed E-state index contributed by atoms with van der Waals surface area (Å²) in [6.07, 6.45) is 7.60. The van der Waals surface area contributed by atoms with Crippen LogP contribution < -0.4 is 5.32 Å². The largest absolute Gasteiger partial charge is 0.302 e. The van der Waals surface area contributed by atoms with E-state index in [1.807, 2.05) is 0 Å². The zero-order valence-electron chi connectivity index (χ0n) is 9.84. The lowest BCUT2D eigenvalue weighted by Crippen LogP contribution is -2.36. The van der Waals surface area contributed by atoms with Gasteiger partial charge in [0.25, 0.3) is 0 Å². The number of hydrogen-bond donors (Lipinski definition) is 1. The molecular formula is C12H24N2. The molecular weight excluding hydrogens is 172 g/mol. The van der Waals surface area contributed by atoms with Crippen molar-refractivity contribution in [1.29, 1.82) is 0 Å². The SMILES string of the molecule is C#CC(CC)NCCN(CC)CCC. The van der Waals surface area contributed by atoms with Crippen LogP contribution in [0.3, 0.4) is 0 Å². The Balaban J connectivity index is 3.55. The van der Waals surface area contributed by atoms with Crippen LogP contribution in [-0.2, 0) is 0 Å². The Hall–Kier alpha value is -0.520. The molecule has 0 heterocycles. The van der Waals surface area contributed by atoms with Crippen molar-refractivity contribution >= 4 is 0 Å². The Morgan fingerprint density at radius 3 is 2.43 bits per heavy atom. The number of terminal acetylenes is 1. The standard InChI is InChI=1S/C12H24N2/c1-5-10-14(8-4)11-9-13-12(6-2)7-3/h2,12-13H,5,7-11H2,1,3-4H3. The van der Waals surface area contributed by atoms with Gasteiger partial charge in [-0.3, -0.25) is 0 Å². The van der Waals surface area contributed by atoms with E-state index in [0.717, 1.165) is 26.1 Å². The van der Waals surface area contributed by atoms with Gasteiger partial charge < -0.3 is 10.2 Å². The van der Waals surface area contributed by atoms with Crippen molar-refractivity contribution < 1.29 is 0 Å². The van der Waals surface area contributed by atoms with Gasteiger partial charge in [-0.25, -0.2) is 0 Å². The maximum atomic E-state index is 5.37. The molecule has 0 aromatic carbocycles. The van der Waals surface area contributed by atoms with Crippen LogP contribution in [0, 0.1) is 12.3 Å². The van der Waals surface area contributed by atoms with Crippen LogP contribution in [0.1, 0.15) is 33.6 Å². The van der Waals surface area contributed by atoms with Crippen molar-refractivity contribution in [2.45, 2.75) is 39.7 Å². The van der Waals surface area contributed by atoms with Gasteiger partial charge in [-0.2, -0.15) is 0 Å². The highest BCUT2D eigenvalue weighted by Gasteiger charge is 2.02. The van der Waals surface area contributed by atoms with E-state index in [-0.39, 0.29) is 6.04 Å². The zero-order valence-corrected chi connectivity index (χ0v) is 9.84. The molecule has 0 saturated carbocycles. The highest BCUT2D eigenvalue weighted by Crippen LogP contribution is 1.91. The van der Waals surface area contributed by atoms with Gasteiger partial charge in [0.2, 0.25) is 0 Å². The van der Waals surface area contributed by atoms with Crippen molar-refractivity contribution in [2.24, 2.45) is 0 Å². The first-order valence-electron chi connectivity index (χ1n) is 5.70. The first-order valence-corrected chi connectivity index (χ1v) is 5.70. The van der Waals surface area contributed by atoms with Crippen molar-refractivity contribution in [3.8, 4) is 12.3 Å². The lowest BCUT2D eigenvalue weighted by atomic mass is 10.2. The molecule has 0 aliphatic rings. The fourth-order valence-corrected chi connectivity index (χ4v) is 1.46.